The molecule has 2 bridgehead atoms. The van der Waals surface area contributed by atoms with Crippen LogP contribution in [-0.4, -0.2) is 16.7 Å². The van der Waals surface area contributed by atoms with Gasteiger partial charge in [-0.3, -0.25) is 30.6 Å². The van der Waals surface area contributed by atoms with Gasteiger partial charge in [-0.15, -0.1) is 0 Å². The van der Waals surface area contributed by atoms with E-state index in [-0.39, 0.29) is 22.6 Å². The molecule has 0 heterocycles. The van der Waals surface area contributed by atoms with E-state index in [9.17, 15) is 19.7 Å². The maximum atomic E-state index is 12.8. The molecule has 2 atom stereocenters. The highest BCUT2D eigenvalue weighted by Crippen LogP contribution is 2.65. The Balaban J connectivity index is 1.73. The molecule has 2 unspecified atom stereocenters. The van der Waals surface area contributed by atoms with Crippen molar-refractivity contribution >= 4 is 17.5 Å². The predicted molar refractivity (Wildman–Crippen MR) is 91.4 cm³/mol. The van der Waals surface area contributed by atoms with Crippen molar-refractivity contribution < 1.29 is 14.5 Å². The van der Waals surface area contributed by atoms with Gasteiger partial charge in [0.25, 0.3) is 11.6 Å². The minimum Gasteiger partial charge on any atom is -0.272 e. The molecule has 3 rings (SSSR count). The SMILES string of the molecule is C=C1C2(C(=O)NNC(=O)c3ccccc3[N+](=O)[O-])CCC(C2)C1(C)C. The van der Waals surface area contributed by atoms with Crippen LogP contribution >= 0.6 is 0 Å². The number of nitrogens with zero attached hydrogens (tertiary/aromatic N) is 1. The molecule has 2 fully saturated rings. The lowest BCUT2D eigenvalue weighted by atomic mass is 9.68. The van der Waals surface area contributed by atoms with Gasteiger partial charge in [-0.1, -0.05) is 38.1 Å². The summed E-state index contributed by atoms with van der Waals surface area (Å²) in [5, 5.41) is 11.0. The summed E-state index contributed by atoms with van der Waals surface area (Å²) < 4.78 is 0. The largest absolute Gasteiger partial charge is 0.282 e. The zero-order valence-corrected chi connectivity index (χ0v) is 14.3. The van der Waals surface area contributed by atoms with E-state index in [4.69, 9.17) is 0 Å². The molecular formula is C18H21N3O4. The molecule has 0 saturated heterocycles. The van der Waals surface area contributed by atoms with Gasteiger partial charge < -0.3 is 0 Å². The van der Waals surface area contributed by atoms with E-state index in [2.05, 4.69) is 31.3 Å². The molecule has 2 saturated carbocycles. The summed E-state index contributed by atoms with van der Waals surface area (Å²) in [6, 6.07) is 5.61. The lowest BCUT2D eigenvalue weighted by Gasteiger charge is -2.37. The standard InChI is InChI=1S/C18H21N3O4/c1-11-17(2,3)12-8-9-18(11,10-12)16(23)20-19-15(22)13-6-4-5-7-14(13)21(24)25/h4-7,12H,1,8-10H2,2-3H3,(H,19,22)(H,20,23). The average molecular weight is 343 g/mol. The van der Waals surface area contributed by atoms with Crippen molar-refractivity contribution in [3.05, 3.63) is 52.1 Å². The zero-order chi connectivity index (χ0) is 18.4. The quantitative estimate of drug-likeness (QED) is 0.500. The van der Waals surface area contributed by atoms with E-state index < -0.39 is 16.2 Å². The van der Waals surface area contributed by atoms with Crippen LogP contribution in [0.5, 0.6) is 0 Å². The van der Waals surface area contributed by atoms with Crippen LogP contribution in [0.4, 0.5) is 5.69 Å². The summed E-state index contributed by atoms with van der Waals surface area (Å²) in [7, 11) is 0. The number of fused-ring (bicyclic) bond motifs is 2. The number of nitrogens with one attached hydrogen (secondary N) is 2. The van der Waals surface area contributed by atoms with E-state index in [1.807, 2.05) is 0 Å². The first kappa shape index (κ1) is 17.1. The number of hydrogen-bond donors (Lipinski definition) is 2. The minimum atomic E-state index is -0.713. The number of nitro groups is 1. The van der Waals surface area contributed by atoms with Gasteiger partial charge in [-0.25, -0.2) is 0 Å². The van der Waals surface area contributed by atoms with Crippen molar-refractivity contribution in [2.75, 3.05) is 0 Å². The van der Waals surface area contributed by atoms with E-state index in [1.54, 1.807) is 0 Å². The van der Waals surface area contributed by atoms with Crippen molar-refractivity contribution in [2.45, 2.75) is 33.1 Å². The summed E-state index contributed by atoms with van der Waals surface area (Å²) in [6.07, 6.45) is 2.40. The number of carbonyl (C=O) groups is 2. The van der Waals surface area contributed by atoms with Gasteiger partial charge >= 0.3 is 0 Å². The van der Waals surface area contributed by atoms with Crippen molar-refractivity contribution in [3.8, 4) is 0 Å². The summed E-state index contributed by atoms with van der Waals surface area (Å²) in [6.45, 7) is 8.34. The molecule has 2 aliphatic carbocycles. The van der Waals surface area contributed by atoms with Gasteiger partial charge in [0.1, 0.15) is 5.56 Å². The van der Waals surface area contributed by atoms with Gasteiger partial charge in [-0.2, -0.15) is 0 Å². The first-order chi connectivity index (χ1) is 11.7. The smallest absolute Gasteiger partial charge is 0.272 e. The molecule has 0 spiro atoms. The second-order valence-electron chi connectivity index (χ2n) is 7.40. The van der Waals surface area contributed by atoms with Crippen molar-refractivity contribution in [1.29, 1.82) is 0 Å². The van der Waals surface area contributed by atoms with Gasteiger partial charge in [0.2, 0.25) is 5.91 Å². The predicted octanol–water partition coefficient (Wildman–Crippen LogP) is 2.74. The molecule has 0 aromatic heterocycles. The van der Waals surface area contributed by atoms with E-state index in [0.29, 0.717) is 12.3 Å². The highest BCUT2D eigenvalue weighted by Gasteiger charge is 2.61. The van der Waals surface area contributed by atoms with Crippen LogP contribution in [0.1, 0.15) is 43.5 Å². The van der Waals surface area contributed by atoms with Gasteiger partial charge in [0.15, 0.2) is 0 Å². The van der Waals surface area contributed by atoms with E-state index >= 15 is 0 Å². The normalized spacial score (nSPS) is 26.3. The topological polar surface area (TPSA) is 101 Å². The first-order valence-electron chi connectivity index (χ1n) is 8.24. The second kappa shape index (κ2) is 5.68. The number of nitro benzene ring substituents is 1. The number of carbonyl (C=O) groups excluding carboxylic acids is 2. The Morgan fingerprint density at radius 1 is 1.28 bits per heavy atom. The van der Waals surface area contributed by atoms with Gasteiger partial charge in [-0.05, 0) is 36.7 Å². The molecular weight excluding hydrogens is 322 g/mol. The second-order valence-corrected chi connectivity index (χ2v) is 7.40. The molecule has 2 N–H and O–H groups in total. The van der Waals surface area contributed by atoms with Crippen LogP contribution in [0.15, 0.2) is 36.4 Å². The van der Waals surface area contributed by atoms with Gasteiger partial charge in [0.05, 0.1) is 10.3 Å². The first-order valence-corrected chi connectivity index (χ1v) is 8.24. The van der Waals surface area contributed by atoms with Crippen molar-refractivity contribution in [2.24, 2.45) is 16.7 Å². The summed E-state index contributed by atoms with van der Waals surface area (Å²) >= 11 is 0. The average Bonchev–Trinajstić information content (AvgIpc) is 3.11. The fraction of sp³-hybridized carbons (Fsp3) is 0.444. The van der Waals surface area contributed by atoms with Crippen molar-refractivity contribution in [1.82, 2.24) is 10.9 Å². The van der Waals surface area contributed by atoms with E-state index in [0.717, 1.165) is 18.4 Å². The molecule has 25 heavy (non-hydrogen) atoms. The highest BCUT2D eigenvalue weighted by atomic mass is 16.6. The molecule has 132 valence electrons. The fourth-order valence-electron chi connectivity index (χ4n) is 4.27. The minimum absolute atomic E-state index is 0.0971. The van der Waals surface area contributed by atoms with Crippen LogP contribution in [0.3, 0.4) is 0 Å². The molecule has 2 aliphatic rings. The number of hydrogen-bond acceptors (Lipinski definition) is 4. The summed E-state index contributed by atoms with van der Waals surface area (Å²) in [5.74, 6) is -0.594. The number of hydrazine groups is 1. The summed E-state index contributed by atoms with van der Waals surface area (Å²) in [5.41, 5.74) is 4.50. The monoisotopic (exact) mass is 343 g/mol. The lowest BCUT2D eigenvalue weighted by Crippen LogP contribution is -2.49. The van der Waals surface area contributed by atoms with Crippen LogP contribution < -0.4 is 10.9 Å². The maximum absolute atomic E-state index is 12.8. The lowest BCUT2D eigenvalue weighted by molar-refractivity contribution is -0.385. The van der Waals surface area contributed by atoms with Crippen LogP contribution in [-0.2, 0) is 4.79 Å². The van der Waals surface area contributed by atoms with Crippen molar-refractivity contribution in [3.63, 3.8) is 0 Å². The molecule has 1 aromatic rings. The Bertz CT molecular complexity index is 786. The molecule has 7 nitrogen and oxygen atoms in total. The Hall–Kier alpha value is -2.70. The number of rotatable bonds is 3. The third-order valence-corrected chi connectivity index (χ3v) is 5.96. The van der Waals surface area contributed by atoms with Gasteiger partial charge in [0, 0.05) is 6.07 Å². The van der Waals surface area contributed by atoms with Crippen LogP contribution in [0.25, 0.3) is 0 Å². The zero-order valence-electron chi connectivity index (χ0n) is 14.3. The molecule has 0 radical (unpaired) electrons. The third-order valence-electron chi connectivity index (χ3n) is 5.96. The molecule has 2 amide bonds. The van der Waals surface area contributed by atoms with Crippen LogP contribution in [0.2, 0.25) is 0 Å². The number of benzene rings is 1. The Morgan fingerprint density at radius 3 is 2.56 bits per heavy atom. The molecule has 7 heteroatoms. The number of para-hydroxylation sites is 1. The fourth-order valence-corrected chi connectivity index (χ4v) is 4.27. The molecule has 1 aromatic carbocycles. The number of amides is 2. The third kappa shape index (κ3) is 2.50. The molecule has 0 aliphatic heterocycles. The van der Waals surface area contributed by atoms with E-state index in [1.165, 1.54) is 24.3 Å². The maximum Gasteiger partial charge on any atom is 0.282 e. The van der Waals surface area contributed by atoms with Crippen LogP contribution in [0, 0.1) is 26.9 Å². The highest BCUT2D eigenvalue weighted by molar-refractivity contribution is 5.99. The summed E-state index contributed by atoms with van der Waals surface area (Å²) in [4.78, 5) is 35.4. The Kier molecular flexibility index (Phi) is 3.89. The Morgan fingerprint density at radius 2 is 1.96 bits per heavy atom. The Labute approximate surface area is 145 Å².